The molecular weight excluding hydrogens is 769 g/mol. The Kier molecular flexibility index (Phi) is 28.1. The fourth-order valence-corrected chi connectivity index (χ4v) is 10.0. The summed E-state index contributed by atoms with van der Waals surface area (Å²) in [4.78, 5) is 0. The quantitative estimate of drug-likeness (QED) is 0.0747. The molecule has 362 valence electrons. The van der Waals surface area contributed by atoms with E-state index in [0.717, 1.165) is 57.9 Å². The van der Waals surface area contributed by atoms with Crippen molar-refractivity contribution in [1.82, 2.24) is 0 Å². The first-order chi connectivity index (χ1) is 29.9. The summed E-state index contributed by atoms with van der Waals surface area (Å²) < 4.78 is 0. The van der Waals surface area contributed by atoms with Gasteiger partial charge in [0, 0.05) is 0 Å². The molecule has 0 saturated heterocycles. The van der Waals surface area contributed by atoms with Crippen molar-refractivity contribution in [3.05, 3.63) is 103 Å². The lowest BCUT2D eigenvalue weighted by atomic mass is 9.86. The number of hydrogen-bond acceptors (Lipinski definition) is 0. The smallest absolute Gasteiger partial charge is 0.00854 e. The Morgan fingerprint density at radius 1 is 0.359 bits per heavy atom. The maximum atomic E-state index is 4.45. The van der Waals surface area contributed by atoms with E-state index in [0.29, 0.717) is 0 Å². The fourth-order valence-electron chi connectivity index (χ4n) is 10.0. The predicted octanol–water partition coefficient (Wildman–Crippen LogP) is 19.5. The van der Waals surface area contributed by atoms with Crippen molar-refractivity contribution in [1.29, 1.82) is 0 Å². The molecule has 2 rings (SSSR count). The van der Waals surface area contributed by atoms with E-state index in [-0.39, 0.29) is 0 Å². The highest BCUT2D eigenvalue weighted by Crippen LogP contribution is 2.32. The van der Waals surface area contributed by atoms with Crippen LogP contribution in [0.25, 0.3) is 24.3 Å². The number of benzene rings is 2. The lowest BCUT2D eigenvalue weighted by molar-refractivity contribution is 0.389. The van der Waals surface area contributed by atoms with Gasteiger partial charge in [-0.1, -0.05) is 195 Å². The van der Waals surface area contributed by atoms with Crippen LogP contribution in [0, 0.1) is 90.9 Å². The zero-order chi connectivity index (χ0) is 48.8. The molecule has 0 N–H and O–H groups in total. The molecule has 0 aliphatic heterocycles. The van der Waals surface area contributed by atoms with Gasteiger partial charge in [-0.2, -0.15) is 0 Å². The summed E-state index contributed by atoms with van der Waals surface area (Å²) in [5, 5.41) is 2.23. The second-order valence-electron chi connectivity index (χ2n) is 22.5. The van der Waals surface area contributed by atoms with Crippen molar-refractivity contribution >= 4 is 24.3 Å². The highest BCUT2D eigenvalue weighted by molar-refractivity contribution is 5.79. The van der Waals surface area contributed by atoms with Crippen LogP contribution in [0.3, 0.4) is 0 Å². The van der Waals surface area contributed by atoms with Gasteiger partial charge in [-0.3, -0.25) is 0 Å². The van der Waals surface area contributed by atoms with Crippen LogP contribution in [0.15, 0.2) is 36.5 Å². The van der Waals surface area contributed by atoms with Crippen molar-refractivity contribution in [2.45, 2.75) is 240 Å². The molecule has 0 heteroatoms. The van der Waals surface area contributed by atoms with Crippen LogP contribution in [0.5, 0.6) is 0 Å². The Hall–Kier alpha value is -2.86. The Bertz CT molecular complexity index is 1870. The van der Waals surface area contributed by atoms with Gasteiger partial charge < -0.3 is 0 Å². The molecule has 0 amide bonds. The molecule has 0 radical (unpaired) electrons. The minimum absolute atomic E-state index is 0.830. The first kappa shape index (κ1) is 59.2. The highest BCUT2D eigenvalue weighted by atomic mass is 14.2. The molecule has 0 nitrogen and oxygen atoms in total. The van der Waals surface area contributed by atoms with E-state index < -0.39 is 0 Å². The first-order valence-electron chi connectivity index (χ1n) is 26.5. The summed E-state index contributed by atoms with van der Waals surface area (Å²) in [5.41, 5.74) is 18.5. The molecule has 0 aliphatic carbocycles. The number of allylic oxidation sites excluding steroid dienone is 6. The fraction of sp³-hybridized carbons (Fsp3) is 0.656. The second kappa shape index (κ2) is 30.4. The molecule has 2 aromatic carbocycles. The average Bonchev–Trinajstić information content (AvgIpc) is 3.20. The lowest BCUT2D eigenvalue weighted by Gasteiger charge is -2.19. The molecule has 4 unspecified atom stereocenters. The van der Waals surface area contributed by atoms with Crippen LogP contribution in [-0.4, -0.2) is 0 Å². The predicted molar refractivity (Wildman–Crippen MR) is 296 cm³/mol. The van der Waals surface area contributed by atoms with Crippen LogP contribution in [-0.2, 0) is 0 Å². The van der Waals surface area contributed by atoms with E-state index in [1.54, 1.807) is 0 Å². The monoisotopic (exact) mass is 875 g/mol. The minimum atomic E-state index is 0.830. The standard InChI is InChI=1S/C32H54.C32H52/c2*1-22(2)15-12-16-23(3)17-13-18-24(4)19-14-20-25(5)21-26(6)32-30(10)28(8)27(7)29(9)31(32)11/h21-24H,6,12-20H2,1-5,7-11H3;21-24H,6,8,11-20H2,1-5,7,9-10H3/b2*25-21+. The van der Waals surface area contributed by atoms with Crippen molar-refractivity contribution in [3.63, 3.8) is 0 Å². The third-order valence-corrected chi connectivity index (χ3v) is 15.4. The van der Waals surface area contributed by atoms with Crippen molar-refractivity contribution in [3.8, 4) is 0 Å². The molecule has 0 bridgehead atoms. The second-order valence-corrected chi connectivity index (χ2v) is 22.5. The maximum Gasteiger partial charge on any atom is -0.00854 e. The van der Waals surface area contributed by atoms with E-state index in [2.05, 4.69) is 163 Å². The van der Waals surface area contributed by atoms with Crippen molar-refractivity contribution < 1.29 is 0 Å². The van der Waals surface area contributed by atoms with Crippen LogP contribution >= 0.6 is 0 Å². The van der Waals surface area contributed by atoms with E-state index in [9.17, 15) is 0 Å². The normalized spacial score (nSPS) is 14.1. The minimum Gasteiger partial charge on any atom is -0.0912 e. The van der Waals surface area contributed by atoms with Gasteiger partial charge in [0.15, 0.2) is 0 Å². The zero-order valence-electron chi connectivity index (χ0n) is 46.2. The molecule has 0 aromatic heterocycles. The van der Waals surface area contributed by atoms with Gasteiger partial charge in [0.05, 0.1) is 0 Å². The third-order valence-electron chi connectivity index (χ3n) is 15.4. The third kappa shape index (κ3) is 21.2. The summed E-state index contributed by atoms with van der Waals surface area (Å²) in [7, 11) is 0. The van der Waals surface area contributed by atoms with E-state index in [1.807, 2.05) is 0 Å². The Balaban J connectivity index is 0.000000640. The zero-order valence-corrected chi connectivity index (χ0v) is 46.2. The summed E-state index contributed by atoms with van der Waals surface area (Å²) in [6.07, 6.45) is 29.0. The van der Waals surface area contributed by atoms with Crippen LogP contribution in [0.4, 0.5) is 0 Å². The average molecular weight is 876 g/mol. The molecule has 2 aromatic rings. The van der Waals surface area contributed by atoms with E-state index >= 15 is 0 Å². The molecule has 4 atom stereocenters. The van der Waals surface area contributed by atoms with E-state index in [1.165, 1.54) is 182 Å². The molecule has 0 aliphatic rings. The SMILES string of the molecule is C=C(/C=C(\C)CCCC(C)CCCC(C)CCCC(C)C)c1c(C)c(=C)c(C)c(C)c1=C.C=C(/C=C(\C)CCCC(C)CCCC(C)CCCC(C)C)c1c(C)c(C)c(C)c(C)c1C. The van der Waals surface area contributed by atoms with Crippen molar-refractivity contribution in [2.24, 2.45) is 35.5 Å². The van der Waals surface area contributed by atoms with Crippen molar-refractivity contribution in [2.75, 3.05) is 0 Å². The summed E-state index contributed by atoms with van der Waals surface area (Å²) >= 11 is 0. The van der Waals surface area contributed by atoms with Gasteiger partial charge >= 0.3 is 0 Å². The van der Waals surface area contributed by atoms with E-state index in [4.69, 9.17) is 0 Å². The van der Waals surface area contributed by atoms with Crippen LogP contribution < -0.4 is 10.4 Å². The Morgan fingerprint density at radius 3 is 0.984 bits per heavy atom. The largest absolute Gasteiger partial charge is 0.0912 e. The lowest BCUT2D eigenvalue weighted by Crippen LogP contribution is -2.24. The van der Waals surface area contributed by atoms with Gasteiger partial charge in [0.1, 0.15) is 0 Å². The number of rotatable bonds is 28. The molecule has 64 heavy (non-hydrogen) atoms. The number of hydrogen-bond donors (Lipinski definition) is 0. The molecule has 0 fully saturated rings. The highest BCUT2D eigenvalue weighted by Gasteiger charge is 2.15. The summed E-state index contributed by atoms with van der Waals surface area (Å²) in [5.74, 6) is 5.18. The summed E-state index contributed by atoms with van der Waals surface area (Å²) in [6.45, 7) is 58.8. The maximum absolute atomic E-state index is 4.45. The van der Waals surface area contributed by atoms with Gasteiger partial charge in [0.2, 0.25) is 0 Å². The van der Waals surface area contributed by atoms with Gasteiger partial charge in [-0.05, 0) is 208 Å². The Labute approximate surface area is 400 Å². The molecule has 0 saturated carbocycles. The molecule has 0 spiro atoms. The molecule has 0 heterocycles. The summed E-state index contributed by atoms with van der Waals surface area (Å²) in [6, 6.07) is 0. The topological polar surface area (TPSA) is 0 Å². The van der Waals surface area contributed by atoms with Gasteiger partial charge in [-0.15, -0.1) is 0 Å². The first-order valence-corrected chi connectivity index (χ1v) is 26.5. The molecular formula is C64H106. The Morgan fingerprint density at radius 2 is 0.641 bits per heavy atom. The van der Waals surface area contributed by atoms with Crippen LogP contribution in [0.1, 0.15) is 240 Å². The van der Waals surface area contributed by atoms with Crippen LogP contribution in [0.2, 0.25) is 0 Å². The van der Waals surface area contributed by atoms with Gasteiger partial charge in [0.25, 0.3) is 0 Å². The van der Waals surface area contributed by atoms with Gasteiger partial charge in [-0.25, -0.2) is 0 Å².